The van der Waals surface area contributed by atoms with Crippen LogP contribution in [-0.4, -0.2) is 53.8 Å². The molecule has 12 heteroatoms. The topological polar surface area (TPSA) is 109 Å². The third kappa shape index (κ3) is 4.00. The van der Waals surface area contributed by atoms with Crippen LogP contribution in [0.4, 0.5) is 15.0 Å². The van der Waals surface area contributed by atoms with Crippen molar-refractivity contribution in [1.82, 2.24) is 29.4 Å². The average Bonchev–Trinajstić information content (AvgIpc) is 3.59. The fourth-order valence-electron chi connectivity index (χ4n) is 4.88. The number of hydrogen-bond acceptors (Lipinski definition) is 8. The third-order valence-electron chi connectivity index (χ3n) is 6.54. The summed E-state index contributed by atoms with van der Waals surface area (Å²) in [5, 5.41) is 12.9. The van der Waals surface area contributed by atoms with Gasteiger partial charge in [-0.2, -0.15) is 5.10 Å². The molecule has 0 saturated heterocycles. The number of carbonyl (C=O) groups excluding carboxylic acids is 1. The van der Waals surface area contributed by atoms with E-state index in [1.54, 1.807) is 49.0 Å². The fourth-order valence-corrected chi connectivity index (χ4v) is 4.88. The number of fused-ring (bicyclic) bond motifs is 4. The number of halogens is 1. The standard InChI is InChI=1S/C26H28FN7O4/c1-6-21-29-22(32(5)31-21)16-10-20-24(34-13-28-30-23(16)34)33(25(35)38-26(2,3)4)11-17-15-9-14(12-36-20)37-19(15)8-7-18(17)27/h7-8,10,13-14H,6,9,11-12H2,1-5H3. The van der Waals surface area contributed by atoms with Gasteiger partial charge in [-0.05, 0) is 39.0 Å². The summed E-state index contributed by atoms with van der Waals surface area (Å²) in [6, 6.07) is 4.75. The van der Waals surface area contributed by atoms with Crippen LogP contribution in [0.1, 0.15) is 44.6 Å². The van der Waals surface area contributed by atoms with Crippen molar-refractivity contribution in [1.29, 1.82) is 0 Å². The highest BCUT2D eigenvalue weighted by molar-refractivity contribution is 5.91. The van der Waals surface area contributed by atoms with Gasteiger partial charge in [-0.1, -0.05) is 6.92 Å². The molecule has 0 aliphatic carbocycles. The van der Waals surface area contributed by atoms with Crippen molar-refractivity contribution < 1.29 is 23.4 Å². The molecular formula is C26H28FN7O4. The van der Waals surface area contributed by atoms with Crippen molar-refractivity contribution in [3.05, 3.63) is 47.3 Å². The summed E-state index contributed by atoms with van der Waals surface area (Å²) in [6.07, 6.45) is 1.64. The fraction of sp³-hybridized carbons (Fsp3) is 0.423. The first kappa shape index (κ1) is 24.1. The average molecular weight is 522 g/mol. The maximum Gasteiger partial charge on any atom is 0.416 e. The van der Waals surface area contributed by atoms with E-state index in [2.05, 4.69) is 20.3 Å². The van der Waals surface area contributed by atoms with Crippen LogP contribution < -0.4 is 14.4 Å². The highest BCUT2D eigenvalue weighted by Crippen LogP contribution is 2.41. The number of carbonyl (C=O) groups is 1. The molecule has 0 spiro atoms. The first-order valence-electron chi connectivity index (χ1n) is 12.5. The zero-order valence-corrected chi connectivity index (χ0v) is 21.9. The first-order valence-corrected chi connectivity index (χ1v) is 12.5. The van der Waals surface area contributed by atoms with Gasteiger partial charge in [0.2, 0.25) is 0 Å². The first-order chi connectivity index (χ1) is 18.1. The molecule has 2 aliphatic rings. The van der Waals surface area contributed by atoms with E-state index in [1.165, 1.54) is 17.3 Å². The number of aromatic nitrogens is 6. The number of anilines is 1. The number of ether oxygens (including phenoxy) is 3. The molecule has 1 unspecified atom stereocenters. The molecule has 1 aromatic carbocycles. The molecule has 0 N–H and O–H groups in total. The summed E-state index contributed by atoms with van der Waals surface area (Å²) in [7, 11) is 1.80. The largest absolute Gasteiger partial charge is 0.486 e. The minimum Gasteiger partial charge on any atom is -0.486 e. The Kier molecular flexibility index (Phi) is 5.51. The molecule has 0 radical (unpaired) electrons. The van der Waals surface area contributed by atoms with Crippen LogP contribution in [0, 0.1) is 5.82 Å². The summed E-state index contributed by atoms with van der Waals surface area (Å²) in [6.45, 7) is 7.38. The van der Waals surface area contributed by atoms with E-state index >= 15 is 4.39 Å². The Morgan fingerprint density at radius 2 is 2.05 bits per heavy atom. The van der Waals surface area contributed by atoms with E-state index in [0.29, 0.717) is 58.6 Å². The van der Waals surface area contributed by atoms with Gasteiger partial charge < -0.3 is 14.2 Å². The van der Waals surface area contributed by atoms with Crippen LogP contribution in [0.2, 0.25) is 0 Å². The Morgan fingerprint density at radius 3 is 2.79 bits per heavy atom. The number of rotatable bonds is 2. The number of amides is 1. The molecule has 2 bridgehead atoms. The lowest BCUT2D eigenvalue weighted by atomic mass is 10.0. The van der Waals surface area contributed by atoms with E-state index in [0.717, 1.165) is 5.56 Å². The van der Waals surface area contributed by atoms with Crippen LogP contribution in [0.3, 0.4) is 0 Å². The molecule has 6 rings (SSSR count). The van der Waals surface area contributed by atoms with E-state index in [4.69, 9.17) is 14.2 Å². The molecule has 1 atom stereocenters. The molecule has 5 heterocycles. The summed E-state index contributed by atoms with van der Waals surface area (Å²) in [5.74, 6) is 2.09. The number of aryl methyl sites for hydroxylation is 2. The van der Waals surface area contributed by atoms with Crippen molar-refractivity contribution >= 4 is 17.6 Å². The van der Waals surface area contributed by atoms with E-state index in [1.807, 2.05) is 6.92 Å². The van der Waals surface area contributed by atoms with Gasteiger partial charge in [0, 0.05) is 31.0 Å². The summed E-state index contributed by atoms with van der Waals surface area (Å²) in [5.41, 5.74) is 1.36. The van der Waals surface area contributed by atoms with Crippen molar-refractivity contribution in [2.24, 2.45) is 7.05 Å². The minimum absolute atomic E-state index is 0.104. The van der Waals surface area contributed by atoms with Gasteiger partial charge in [-0.3, -0.25) is 9.30 Å². The number of hydrogen-bond donors (Lipinski definition) is 0. The quantitative estimate of drug-likeness (QED) is 0.391. The molecule has 1 amide bonds. The van der Waals surface area contributed by atoms with Crippen molar-refractivity contribution in [3.8, 4) is 22.9 Å². The normalized spacial score (nSPS) is 16.7. The van der Waals surface area contributed by atoms with Gasteiger partial charge in [0.25, 0.3) is 0 Å². The van der Waals surface area contributed by atoms with E-state index < -0.39 is 17.5 Å². The lowest BCUT2D eigenvalue weighted by molar-refractivity contribution is 0.0573. The van der Waals surface area contributed by atoms with Gasteiger partial charge in [-0.25, -0.2) is 18.9 Å². The zero-order chi connectivity index (χ0) is 26.8. The van der Waals surface area contributed by atoms with Crippen LogP contribution >= 0.6 is 0 Å². The summed E-state index contributed by atoms with van der Waals surface area (Å²) < 4.78 is 36.8. The molecular weight excluding hydrogens is 493 g/mol. The Bertz CT molecular complexity index is 1570. The Balaban J connectivity index is 1.59. The molecule has 38 heavy (non-hydrogen) atoms. The Labute approximate surface area is 218 Å². The maximum absolute atomic E-state index is 15.3. The highest BCUT2D eigenvalue weighted by Gasteiger charge is 2.36. The Morgan fingerprint density at radius 1 is 1.24 bits per heavy atom. The molecule has 2 aliphatic heterocycles. The minimum atomic E-state index is -0.791. The number of nitrogens with zero attached hydrogens (tertiary/aromatic N) is 7. The third-order valence-corrected chi connectivity index (χ3v) is 6.54. The molecule has 198 valence electrons. The SMILES string of the molecule is CCc1nc(-c2cc3c(n4cnnc24)N(C(=O)OC(C)(C)C)Cc2c(F)ccc4c2CC(CO3)O4)n(C)n1. The number of pyridine rings is 1. The van der Waals surface area contributed by atoms with Crippen LogP contribution in [-0.2, 0) is 31.2 Å². The van der Waals surface area contributed by atoms with Gasteiger partial charge in [-0.15, -0.1) is 10.2 Å². The second-order valence-electron chi connectivity index (χ2n) is 10.4. The summed E-state index contributed by atoms with van der Waals surface area (Å²) in [4.78, 5) is 19.7. The van der Waals surface area contributed by atoms with Gasteiger partial charge in [0.1, 0.15) is 36.2 Å². The Hall–Kier alpha value is -4.22. The number of benzene rings is 1. The molecule has 11 nitrogen and oxygen atoms in total. The second-order valence-corrected chi connectivity index (χ2v) is 10.4. The van der Waals surface area contributed by atoms with Crippen LogP contribution in [0.25, 0.3) is 17.0 Å². The van der Waals surface area contributed by atoms with Crippen LogP contribution in [0.5, 0.6) is 11.5 Å². The van der Waals surface area contributed by atoms with Crippen LogP contribution in [0.15, 0.2) is 24.5 Å². The highest BCUT2D eigenvalue weighted by atomic mass is 19.1. The monoisotopic (exact) mass is 521 g/mol. The van der Waals surface area contributed by atoms with E-state index in [9.17, 15) is 4.79 Å². The van der Waals surface area contributed by atoms with Gasteiger partial charge >= 0.3 is 6.09 Å². The molecule has 0 fully saturated rings. The second kappa shape index (κ2) is 8.67. The maximum atomic E-state index is 15.3. The van der Waals surface area contributed by atoms with Crippen molar-refractivity contribution in [2.45, 2.75) is 58.8 Å². The van der Waals surface area contributed by atoms with Gasteiger partial charge in [0.15, 0.2) is 28.9 Å². The van der Waals surface area contributed by atoms with Crippen molar-refractivity contribution in [3.63, 3.8) is 0 Å². The van der Waals surface area contributed by atoms with E-state index in [-0.39, 0.29) is 19.3 Å². The van der Waals surface area contributed by atoms with Crippen molar-refractivity contribution in [2.75, 3.05) is 11.5 Å². The van der Waals surface area contributed by atoms with Gasteiger partial charge in [0.05, 0.1) is 12.1 Å². The zero-order valence-electron chi connectivity index (χ0n) is 21.9. The predicted octanol–water partition coefficient (Wildman–Crippen LogP) is 3.86. The lowest BCUT2D eigenvalue weighted by Gasteiger charge is -2.30. The molecule has 3 aromatic heterocycles. The summed E-state index contributed by atoms with van der Waals surface area (Å²) >= 11 is 0. The smallest absolute Gasteiger partial charge is 0.416 e. The predicted molar refractivity (Wildman–Crippen MR) is 135 cm³/mol. The molecule has 4 aromatic rings. The lowest BCUT2D eigenvalue weighted by Crippen LogP contribution is -2.38. The molecule has 0 saturated carbocycles.